The number of ether oxygens (including phenoxy) is 2. The number of hydrogen-bond acceptors (Lipinski definition) is 8. The first-order chi connectivity index (χ1) is 18.2. The Hall–Kier alpha value is -4.35. The number of hydrogen-bond donors (Lipinski definition) is 1. The van der Waals surface area contributed by atoms with Gasteiger partial charge in [-0.05, 0) is 53.7 Å². The van der Waals surface area contributed by atoms with E-state index >= 15 is 0 Å². The van der Waals surface area contributed by atoms with E-state index in [4.69, 9.17) is 21.1 Å². The number of thioether (sulfide) groups is 1. The second-order valence-corrected chi connectivity index (χ2v) is 9.35. The zero-order valence-corrected chi connectivity index (χ0v) is 21.5. The van der Waals surface area contributed by atoms with Crippen LogP contribution in [-0.4, -0.2) is 40.5 Å². The van der Waals surface area contributed by atoms with E-state index in [1.165, 1.54) is 25.3 Å². The highest BCUT2D eigenvalue weighted by Crippen LogP contribution is 2.39. The molecule has 1 aliphatic heterocycles. The number of methoxy groups -OCH3 is 1. The van der Waals surface area contributed by atoms with Crippen molar-refractivity contribution in [3.63, 3.8) is 0 Å². The van der Waals surface area contributed by atoms with Gasteiger partial charge in [-0.1, -0.05) is 41.9 Å². The Morgan fingerprint density at radius 3 is 2.47 bits per heavy atom. The lowest BCUT2D eigenvalue weighted by molar-refractivity contribution is -0.385. The van der Waals surface area contributed by atoms with Crippen LogP contribution in [0.1, 0.15) is 11.1 Å². The monoisotopic (exact) mass is 553 g/mol. The first-order valence-electron chi connectivity index (χ1n) is 11.1. The summed E-state index contributed by atoms with van der Waals surface area (Å²) in [6, 6.07) is 18.1. The third-order valence-corrected chi connectivity index (χ3v) is 6.50. The summed E-state index contributed by atoms with van der Waals surface area (Å²) in [5.41, 5.74) is 0.991. The number of carbonyl (C=O) groups excluding carboxylic acids is 3. The van der Waals surface area contributed by atoms with Crippen LogP contribution in [0.25, 0.3) is 6.08 Å². The molecule has 194 valence electrons. The van der Waals surface area contributed by atoms with E-state index in [9.17, 15) is 24.5 Å². The van der Waals surface area contributed by atoms with Crippen molar-refractivity contribution in [2.24, 2.45) is 0 Å². The maximum atomic E-state index is 12.9. The van der Waals surface area contributed by atoms with Crippen LogP contribution < -0.4 is 14.8 Å². The minimum Gasteiger partial charge on any atom is -0.493 e. The van der Waals surface area contributed by atoms with Crippen LogP contribution in [0, 0.1) is 10.1 Å². The lowest BCUT2D eigenvalue weighted by atomic mass is 10.1. The molecule has 0 spiro atoms. The largest absolute Gasteiger partial charge is 0.493 e. The Morgan fingerprint density at radius 2 is 1.82 bits per heavy atom. The van der Waals surface area contributed by atoms with Gasteiger partial charge in [0.2, 0.25) is 5.91 Å². The summed E-state index contributed by atoms with van der Waals surface area (Å²) in [5.74, 6) is -0.987. The van der Waals surface area contributed by atoms with Gasteiger partial charge in [-0.2, -0.15) is 0 Å². The average molecular weight is 554 g/mol. The molecule has 0 bridgehead atoms. The van der Waals surface area contributed by atoms with Gasteiger partial charge >= 0.3 is 0 Å². The summed E-state index contributed by atoms with van der Waals surface area (Å²) in [6.45, 7) is -0.368. The van der Waals surface area contributed by atoms with Gasteiger partial charge in [-0.3, -0.25) is 29.4 Å². The Morgan fingerprint density at radius 1 is 1.11 bits per heavy atom. The summed E-state index contributed by atoms with van der Waals surface area (Å²) >= 11 is 6.41. The third kappa shape index (κ3) is 6.31. The van der Waals surface area contributed by atoms with Crippen molar-refractivity contribution >= 4 is 57.9 Å². The maximum absolute atomic E-state index is 12.9. The van der Waals surface area contributed by atoms with Crippen molar-refractivity contribution in [3.8, 4) is 11.5 Å². The molecule has 12 heteroatoms. The molecule has 1 heterocycles. The molecule has 1 saturated heterocycles. The first-order valence-corrected chi connectivity index (χ1v) is 12.3. The van der Waals surface area contributed by atoms with Crippen molar-refractivity contribution in [1.29, 1.82) is 0 Å². The van der Waals surface area contributed by atoms with Gasteiger partial charge in [0, 0.05) is 10.7 Å². The van der Waals surface area contributed by atoms with Crippen LogP contribution in [0.3, 0.4) is 0 Å². The molecule has 3 aromatic carbocycles. The van der Waals surface area contributed by atoms with Crippen LogP contribution in [0.5, 0.6) is 11.5 Å². The van der Waals surface area contributed by atoms with Crippen molar-refractivity contribution < 1.29 is 28.8 Å². The Bertz CT molecular complexity index is 1430. The molecule has 3 amide bonds. The van der Waals surface area contributed by atoms with Crippen molar-refractivity contribution in [2.45, 2.75) is 6.61 Å². The number of carbonyl (C=O) groups is 3. The molecule has 0 atom stereocenters. The molecule has 4 rings (SSSR count). The third-order valence-electron chi connectivity index (χ3n) is 5.34. The molecule has 0 radical (unpaired) electrons. The predicted octanol–water partition coefficient (Wildman–Crippen LogP) is 5.51. The SMILES string of the molecule is COc1cc(/C=C2/SC(=O)N(CC(=O)Nc3ccc(Cl)cc3)C2=O)c([N+](=O)[O-])cc1OCc1ccccc1. The zero-order chi connectivity index (χ0) is 27.2. The van der Waals surface area contributed by atoms with Crippen LogP contribution >= 0.6 is 23.4 Å². The van der Waals surface area contributed by atoms with E-state index < -0.39 is 28.5 Å². The molecule has 0 aliphatic carbocycles. The zero-order valence-electron chi connectivity index (χ0n) is 19.9. The number of anilines is 1. The maximum Gasteiger partial charge on any atom is 0.294 e. The molecule has 0 saturated carbocycles. The average Bonchev–Trinajstić information content (AvgIpc) is 3.16. The molecule has 1 fully saturated rings. The minimum atomic E-state index is -0.746. The number of amides is 3. The van der Waals surface area contributed by atoms with E-state index in [0.29, 0.717) is 22.5 Å². The summed E-state index contributed by atoms with van der Waals surface area (Å²) in [5, 5.41) is 14.2. The highest BCUT2D eigenvalue weighted by atomic mass is 35.5. The molecular formula is C26H20ClN3O7S. The van der Waals surface area contributed by atoms with Gasteiger partial charge in [0.1, 0.15) is 13.2 Å². The lowest BCUT2D eigenvalue weighted by Crippen LogP contribution is -2.36. The van der Waals surface area contributed by atoms with Gasteiger partial charge in [0.25, 0.3) is 16.8 Å². The predicted molar refractivity (Wildman–Crippen MR) is 143 cm³/mol. The summed E-state index contributed by atoms with van der Waals surface area (Å²) < 4.78 is 11.1. The second-order valence-electron chi connectivity index (χ2n) is 7.92. The normalized spacial score (nSPS) is 14.1. The van der Waals surface area contributed by atoms with E-state index in [2.05, 4.69) is 5.32 Å². The van der Waals surface area contributed by atoms with E-state index in [1.807, 2.05) is 30.3 Å². The molecule has 0 aromatic heterocycles. The summed E-state index contributed by atoms with van der Waals surface area (Å²) in [6.07, 6.45) is 1.23. The molecule has 1 N–H and O–H groups in total. The topological polar surface area (TPSA) is 128 Å². The fraction of sp³-hybridized carbons (Fsp3) is 0.115. The number of benzene rings is 3. The number of rotatable bonds is 9. The van der Waals surface area contributed by atoms with Crippen molar-refractivity contribution in [2.75, 3.05) is 19.0 Å². The Balaban J connectivity index is 1.54. The molecule has 10 nitrogen and oxygen atoms in total. The van der Waals surface area contributed by atoms with Crippen molar-refractivity contribution in [3.05, 3.63) is 97.9 Å². The van der Waals surface area contributed by atoms with Crippen LogP contribution in [-0.2, 0) is 16.2 Å². The quantitative estimate of drug-likeness (QED) is 0.209. The highest BCUT2D eigenvalue weighted by molar-refractivity contribution is 8.18. The Labute approximate surface area is 226 Å². The first kappa shape index (κ1) is 26.7. The number of imide groups is 1. The summed E-state index contributed by atoms with van der Waals surface area (Å²) in [7, 11) is 1.38. The fourth-order valence-electron chi connectivity index (χ4n) is 3.50. The second kappa shape index (κ2) is 11.8. The standard InChI is InChI=1S/C26H20ClN3O7S/c1-36-21-11-17(20(30(34)35)13-22(21)37-15-16-5-3-2-4-6-16)12-23-25(32)29(26(33)38-23)14-24(31)28-19-9-7-18(27)8-10-19/h2-13H,14-15H2,1H3,(H,28,31)/b23-12+. The summed E-state index contributed by atoms with van der Waals surface area (Å²) in [4.78, 5) is 49.7. The number of nitrogens with one attached hydrogen (secondary N) is 1. The van der Waals surface area contributed by atoms with Crippen molar-refractivity contribution in [1.82, 2.24) is 4.90 Å². The lowest BCUT2D eigenvalue weighted by Gasteiger charge is -2.13. The van der Waals surface area contributed by atoms with E-state index in [1.54, 1.807) is 24.3 Å². The van der Waals surface area contributed by atoms with Crippen LogP contribution in [0.2, 0.25) is 5.02 Å². The molecule has 0 unspecified atom stereocenters. The number of nitrogens with zero attached hydrogens (tertiary/aromatic N) is 2. The van der Waals surface area contributed by atoms with Gasteiger partial charge < -0.3 is 14.8 Å². The number of nitro groups is 1. The molecule has 3 aromatic rings. The van der Waals surface area contributed by atoms with Gasteiger partial charge in [-0.25, -0.2) is 0 Å². The van der Waals surface area contributed by atoms with Gasteiger partial charge in [-0.15, -0.1) is 0 Å². The molecule has 38 heavy (non-hydrogen) atoms. The fourth-order valence-corrected chi connectivity index (χ4v) is 4.46. The van der Waals surface area contributed by atoms with Gasteiger partial charge in [0.15, 0.2) is 11.5 Å². The van der Waals surface area contributed by atoms with Gasteiger partial charge in [0.05, 0.1) is 28.6 Å². The van der Waals surface area contributed by atoms with Crippen LogP contribution in [0.15, 0.2) is 71.6 Å². The minimum absolute atomic E-state index is 0.0371. The van der Waals surface area contributed by atoms with E-state index in [0.717, 1.165) is 10.5 Å². The molecule has 1 aliphatic rings. The Kier molecular flexibility index (Phi) is 8.29. The smallest absolute Gasteiger partial charge is 0.294 e. The molecular weight excluding hydrogens is 534 g/mol. The highest BCUT2D eigenvalue weighted by Gasteiger charge is 2.37. The number of halogens is 1. The number of nitro benzene ring substituents is 1. The van der Waals surface area contributed by atoms with E-state index in [-0.39, 0.29) is 34.3 Å². The van der Waals surface area contributed by atoms with Crippen LogP contribution in [0.4, 0.5) is 16.2 Å².